The van der Waals surface area contributed by atoms with E-state index in [0.29, 0.717) is 11.1 Å². The first-order valence-corrected chi connectivity index (χ1v) is 11.0. The Bertz CT molecular complexity index is 1240. The maximum atomic E-state index is 13.6. The van der Waals surface area contributed by atoms with Gasteiger partial charge in [-0.2, -0.15) is 26.3 Å². The summed E-state index contributed by atoms with van der Waals surface area (Å²) >= 11 is 0. The maximum Gasteiger partial charge on any atom is 0.416 e. The van der Waals surface area contributed by atoms with Gasteiger partial charge in [-0.3, -0.25) is 0 Å². The van der Waals surface area contributed by atoms with E-state index >= 15 is 0 Å². The second kappa shape index (κ2) is 9.76. The van der Waals surface area contributed by atoms with Gasteiger partial charge in [0.05, 0.1) is 11.1 Å². The third-order valence-electron chi connectivity index (χ3n) is 6.21. The van der Waals surface area contributed by atoms with Crippen LogP contribution >= 0.6 is 0 Å². The van der Waals surface area contributed by atoms with E-state index in [2.05, 4.69) is 6.58 Å². The van der Waals surface area contributed by atoms with Crippen LogP contribution in [-0.4, -0.2) is 0 Å². The molecule has 0 saturated heterocycles. The number of nitrogen functional groups attached to an aromatic ring is 2. The van der Waals surface area contributed by atoms with E-state index < -0.39 is 28.9 Å². The number of benzene rings is 3. The minimum absolute atomic E-state index is 0.00292. The van der Waals surface area contributed by atoms with Gasteiger partial charge in [-0.15, -0.1) is 0 Å². The van der Waals surface area contributed by atoms with Crippen LogP contribution in [0.25, 0.3) is 11.6 Å². The largest absolute Gasteiger partial charge is 0.416 e. The Morgan fingerprint density at radius 3 is 1.72 bits per heavy atom. The summed E-state index contributed by atoms with van der Waals surface area (Å²) in [5.41, 5.74) is 10.9. The highest BCUT2D eigenvalue weighted by atomic mass is 19.4. The van der Waals surface area contributed by atoms with Gasteiger partial charge in [-0.05, 0) is 77.6 Å². The highest BCUT2D eigenvalue weighted by molar-refractivity contribution is 5.76. The van der Waals surface area contributed by atoms with Crippen LogP contribution in [-0.2, 0) is 17.8 Å². The molecule has 0 bridgehead atoms. The maximum absolute atomic E-state index is 13.6. The van der Waals surface area contributed by atoms with Gasteiger partial charge in [-0.1, -0.05) is 49.9 Å². The average molecular weight is 505 g/mol. The van der Waals surface area contributed by atoms with Gasteiger partial charge in [0.15, 0.2) is 0 Å². The van der Waals surface area contributed by atoms with Crippen molar-refractivity contribution in [1.29, 1.82) is 0 Å². The quantitative estimate of drug-likeness (QED) is 0.262. The second-order valence-electron chi connectivity index (χ2n) is 8.80. The summed E-state index contributed by atoms with van der Waals surface area (Å²) < 4.78 is 81.7. The summed E-state index contributed by atoms with van der Waals surface area (Å²) in [6.45, 7) is 7.51. The smallest absolute Gasteiger partial charge is 0.398 e. The average Bonchev–Trinajstić information content (AvgIpc) is 2.78. The summed E-state index contributed by atoms with van der Waals surface area (Å²) in [6.07, 6.45) is -5.74. The van der Waals surface area contributed by atoms with Gasteiger partial charge < -0.3 is 11.5 Å². The van der Waals surface area contributed by atoms with Gasteiger partial charge in [-0.25, -0.2) is 0 Å². The highest BCUT2D eigenvalue weighted by Gasteiger charge is 2.39. The van der Waals surface area contributed by atoms with Crippen molar-refractivity contribution in [3.8, 4) is 0 Å². The van der Waals surface area contributed by atoms with Crippen LogP contribution in [0.4, 0.5) is 37.7 Å². The van der Waals surface area contributed by atoms with Crippen LogP contribution in [0.1, 0.15) is 53.6 Å². The lowest BCUT2D eigenvalue weighted by atomic mass is 9.69. The zero-order valence-electron chi connectivity index (χ0n) is 19.8. The molecule has 0 atom stereocenters. The van der Waals surface area contributed by atoms with Gasteiger partial charge in [0.1, 0.15) is 0 Å². The van der Waals surface area contributed by atoms with Crippen molar-refractivity contribution in [3.05, 3.63) is 107 Å². The fraction of sp³-hybridized carbons (Fsp3) is 0.214. The lowest BCUT2D eigenvalue weighted by Gasteiger charge is -2.35. The number of alkyl halides is 6. The molecule has 0 heterocycles. The Morgan fingerprint density at radius 1 is 0.806 bits per heavy atom. The second-order valence-corrected chi connectivity index (χ2v) is 8.80. The van der Waals surface area contributed by atoms with Gasteiger partial charge in [0.25, 0.3) is 0 Å². The van der Waals surface area contributed by atoms with Crippen molar-refractivity contribution < 1.29 is 26.3 Å². The molecule has 3 aromatic rings. The molecule has 0 radical (unpaired) electrons. The first-order valence-electron chi connectivity index (χ1n) is 11.0. The third kappa shape index (κ3) is 5.42. The third-order valence-corrected chi connectivity index (χ3v) is 6.21. The van der Waals surface area contributed by atoms with Crippen LogP contribution < -0.4 is 11.5 Å². The van der Waals surface area contributed by atoms with Gasteiger partial charge in [0.2, 0.25) is 0 Å². The summed E-state index contributed by atoms with van der Waals surface area (Å²) in [5.74, 6) is 0. The Morgan fingerprint density at radius 2 is 1.28 bits per heavy atom. The van der Waals surface area contributed by atoms with Crippen molar-refractivity contribution in [3.63, 3.8) is 0 Å². The van der Waals surface area contributed by atoms with E-state index in [1.165, 1.54) is 6.92 Å². The molecule has 0 aliphatic rings. The number of hydrogen-bond acceptors (Lipinski definition) is 2. The zero-order chi connectivity index (χ0) is 26.9. The van der Waals surface area contributed by atoms with Gasteiger partial charge in [0, 0.05) is 16.8 Å². The summed E-state index contributed by atoms with van der Waals surface area (Å²) in [7, 11) is 0. The highest BCUT2D eigenvalue weighted by Crippen LogP contribution is 2.47. The molecule has 0 fully saturated rings. The molecule has 3 rings (SSSR count). The van der Waals surface area contributed by atoms with E-state index in [4.69, 9.17) is 11.5 Å². The van der Waals surface area contributed by atoms with Crippen molar-refractivity contribution in [2.75, 3.05) is 11.5 Å². The van der Waals surface area contributed by atoms with Crippen LogP contribution in [0.15, 0.2) is 73.3 Å². The van der Waals surface area contributed by atoms with Crippen LogP contribution in [0, 0.1) is 0 Å². The van der Waals surface area contributed by atoms with E-state index in [-0.39, 0.29) is 28.9 Å². The van der Waals surface area contributed by atoms with Crippen molar-refractivity contribution in [2.45, 2.75) is 38.0 Å². The topological polar surface area (TPSA) is 52.0 Å². The normalized spacial score (nSPS) is 12.8. The van der Waals surface area contributed by atoms with Crippen molar-refractivity contribution in [1.82, 2.24) is 0 Å². The van der Waals surface area contributed by atoms with Crippen molar-refractivity contribution in [2.24, 2.45) is 0 Å². The Balaban J connectivity index is 2.30. The molecule has 0 aliphatic carbocycles. The molecule has 36 heavy (non-hydrogen) atoms. The molecular formula is C28H26F6N2. The Kier molecular flexibility index (Phi) is 7.30. The zero-order valence-corrected chi connectivity index (χ0v) is 19.8. The predicted octanol–water partition coefficient (Wildman–Crippen LogP) is 8.33. The molecule has 0 saturated carbocycles. The molecule has 0 amide bonds. The van der Waals surface area contributed by atoms with Crippen LogP contribution in [0.2, 0.25) is 0 Å². The monoisotopic (exact) mass is 504 g/mol. The molecule has 8 heteroatoms. The summed E-state index contributed by atoms with van der Waals surface area (Å²) in [4.78, 5) is 0. The minimum Gasteiger partial charge on any atom is -0.398 e. The van der Waals surface area contributed by atoms with E-state index in [1.54, 1.807) is 12.1 Å². The molecule has 0 unspecified atom stereocenters. The Hall–Kier alpha value is -3.68. The van der Waals surface area contributed by atoms with Crippen molar-refractivity contribution >= 4 is 23.0 Å². The van der Waals surface area contributed by atoms with Crippen LogP contribution in [0.5, 0.6) is 0 Å². The lowest BCUT2D eigenvalue weighted by Crippen LogP contribution is -2.28. The molecule has 2 nitrogen and oxygen atoms in total. The molecule has 0 aliphatic heterocycles. The van der Waals surface area contributed by atoms with E-state index in [1.807, 2.05) is 31.2 Å². The fourth-order valence-electron chi connectivity index (χ4n) is 4.42. The van der Waals surface area contributed by atoms with E-state index in [0.717, 1.165) is 42.0 Å². The Labute approximate surface area is 205 Å². The molecule has 3 aromatic carbocycles. The summed E-state index contributed by atoms with van der Waals surface area (Å²) in [6, 6.07) is 12.9. The standard InChI is InChI=1S/C28H26F6N2/c1-4-7-18-8-5-6-9-21(18)17(2)16-26(3,22-14-19(27(29,30)31)10-12-24(22)35)23-15-20(28(32,33)34)11-13-25(23)36/h4-15H,2,16,35-36H2,1,3H3/b7-4-. The first-order chi connectivity index (χ1) is 16.7. The number of anilines is 2. The number of halogens is 6. The van der Waals surface area contributed by atoms with Gasteiger partial charge >= 0.3 is 12.4 Å². The molecule has 190 valence electrons. The molecule has 0 aromatic heterocycles. The lowest BCUT2D eigenvalue weighted by molar-refractivity contribution is -0.138. The number of hydrogen-bond donors (Lipinski definition) is 2. The SMILES string of the molecule is C=C(CC(C)(c1cc(C(F)(F)F)ccc1N)c1cc(C(F)(F)F)ccc1N)c1ccccc1/C=C\C. The first kappa shape index (κ1) is 26.9. The summed E-state index contributed by atoms with van der Waals surface area (Å²) in [5, 5.41) is 0. The minimum atomic E-state index is -4.68. The number of rotatable bonds is 6. The fourth-order valence-corrected chi connectivity index (χ4v) is 4.42. The predicted molar refractivity (Wildman–Crippen MR) is 133 cm³/mol. The van der Waals surface area contributed by atoms with E-state index in [9.17, 15) is 26.3 Å². The molecule has 4 N–H and O–H groups in total. The number of nitrogens with two attached hydrogens (primary N) is 2. The molecule has 0 spiro atoms. The number of allylic oxidation sites excluding steroid dienone is 2. The molecular weight excluding hydrogens is 478 g/mol. The van der Waals surface area contributed by atoms with Crippen LogP contribution in [0.3, 0.4) is 0 Å².